The van der Waals surface area contributed by atoms with Gasteiger partial charge in [-0.25, -0.2) is 14.4 Å². The molecule has 186 valence electrons. The summed E-state index contributed by atoms with van der Waals surface area (Å²) >= 11 is 0. The fourth-order valence-corrected chi connectivity index (χ4v) is 3.77. The summed E-state index contributed by atoms with van der Waals surface area (Å²) in [6, 6.07) is 13.6. The molecule has 1 fully saturated rings. The second-order valence-corrected chi connectivity index (χ2v) is 8.51. The molecule has 1 aromatic heterocycles. The Kier molecular flexibility index (Phi) is 7.25. The van der Waals surface area contributed by atoms with Crippen LogP contribution in [0.25, 0.3) is 0 Å². The van der Waals surface area contributed by atoms with Gasteiger partial charge in [-0.05, 0) is 38.1 Å². The predicted octanol–water partition coefficient (Wildman–Crippen LogP) is 2.34. The third kappa shape index (κ3) is 5.49. The van der Waals surface area contributed by atoms with Crippen molar-refractivity contribution < 1.29 is 28.6 Å². The van der Waals surface area contributed by atoms with Crippen LogP contribution in [0, 0.1) is 13.8 Å². The van der Waals surface area contributed by atoms with Crippen LogP contribution in [0.4, 0.5) is 0 Å². The molecule has 3 aromatic rings. The van der Waals surface area contributed by atoms with E-state index in [1.807, 2.05) is 13.8 Å². The summed E-state index contributed by atoms with van der Waals surface area (Å²) in [5.74, 6) is -1.20. The van der Waals surface area contributed by atoms with Gasteiger partial charge in [-0.1, -0.05) is 35.4 Å². The van der Waals surface area contributed by atoms with Crippen LogP contribution in [0.15, 0.2) is 64.3 Å². The normalized spacial score (nSPS) is 19.0. The van der Waals surface area contributed by atoms with Crippen LogP contribution in [0.2, 0.25) is 0 Å². The van der Waals surface area contributed by atoms with Crippen LogP contribution in [-0.4, -0.2) is 46.6 Å². The molecule has 0 radical (unpaired) electrons. The lowest BCUT2D eigenvalue weighted by Crippen LogP contribution is -2.34. The number of carbonyl (C=O) groups is 3. The summed E-state index contributed by atoms with van der Waals surface area (Å²) in [7, 11) is 0. The molecule has 4 rings (SSSR count). The zero-order valence-electron chi connectivity index (χ0n) is 19.6. The summed E-state index contributed by atoms with van der Waals surface area (Å²) in [5.41, 5.74) is 0.741. The SMILES string of the molecule is Cc1ccc(C(=O)OC[C@H]2O[C@H](n3cc(C=O)c(=O)[nH]c3=O)C[C@@H]2OC(=O)c2ccc(C)cc2)cc1. The van der Waals surface area contributed by atoms with Gasteiger partial charge in [0.25, 0.3) is 5.56 Å². The molecule has 0 unspecified atom stereocenters. The molecule has 0 amide bonds. The summed E-state index contributed by atoms with van der Waals surface area (Å²) in [6.45, 7) is 3.52. The Bertz CT molecular complexity index is 1390. The maximum atomic E-state index is 12.8. The van der Waals surface area contributed by atoms with E-state index < -0.39 is 41.6 Å². The molecule has 1 aliphatic heterocycles. The van der Waals surface area contributed by atoms with Crippen molar-refractivity contribution in [3.05, 3.63) is 103 Å². The number of benzene rings is 2. The van der Waals surface area contributed by atoms with E-state index in [1.165, 1.54) is 0 Å². The number of rotatable bonds is 7. The summed E-state index contributed by atoms with van der Waals surface area (Å²) < 4.78 is 18.0. The van der Waals surface area contributed by atoms with E-state index >= 15 is 0 Å². The zero-order valence-corrected chi connectivity index (χ0v) is 19.6. The number of carbonyl (C=O) groups excluding carboxylic acids is 3. The first kappa shape index (κ1) is 24.8. The van der Waals surface area contributed by atoms with Crippen molar-refractivity contribution in [2.75, 3.05) is 6.61 Å². The number of nitrogens with zero attached hydrogens (tertiary/aromatic N) is 1. The molecule has 0 saturated carbocycles. The summed E-state index contributed by atoms with van der Waals surface area (Å²) in [4.78, 5) is 62.6. The van der Waals surface area contributed by atoms with Gasteiger partial charge in [0.1, 0.15) is 25.0 Å². The van der Waals surface area contributed by atoms with Crippen molar-refractivity contribution in [2.24, 2.45) is 0 Å². The lowest BCUT2D eigenvalue weighted by Gasteiger charge is -2.19. The molecular formula is C26H24N2O8. The lowest BCUT2D eigenvalue weighted by atomic mass is 10.1. The molecule has 10 nitrogen and oxygen atoms in total. The van der Waals surface area contributed by atoms with Gasteiger partial charge in [0.2, 0.25) is 0 Å². The number of aromatic nitrogens is 2. The molecular weight excluding hydrogens is 468 g/mol. The van der Waals surface area contributed by atoms with Gasteiger partial charge in [0, 0.05) is 12.6 Å². The Hall–Kier alpha value is -4.31. The molecule has 0 aliphatic carbocycles. The Labute approximate surface area is 205 Å². The molecule has 0 spiro atoms. The van der Waals surface area contributed by atoms with Crippen molar-refractivity contribution in [2.45, 2.75) is 38.7 Å². The van der Waals surface area contributed by atoms with Crippen LogP contribution < -0.4 is 11.2 Å². The fourth-order valence-electron chi connectivity index (χ4n) is 3.77. The van der Waals surface area contributed by atoms with E-state index in [4.69, 9.17) is 14.2 Å². The van der Waals surface area contributed by atoms with Crippen LogP contribution in [0.1, 0.15) is 54.8 Å². The second kappa shape index (κ2) is 10.5. The van der Waals surface area contributed by atoms with Crippen LogP contribution in [-0.2, 0) is 14.2 Å². The molecule has 3 atom stereocenters. The van der Waals surface area contributed by atoms with Gasteiger partial charge in [-0.15, -0.1) is 0 Å². The minimum atomic E-state index is -0.980. The number of aldehydes is 1. The van der Waals surface area contributed by atoms with Gasteiger partial charge < -0.3 is 14.2 Å². The standard InChI is InChI=1S/C26H24N2O8/c1-15-3-7-17(8-4-15)24(31)34-14-21-20(36-25(32)18-9-5-16(2)6-10-18)11-22(35-21)28-12-19(13-29)23(30)27-26(28)33/h3-10,12-13,20-22H,11,14H2,1-2H3,(H,27,30,33)/t20-,21+,22-/m0/s1. The van der Waals surface area contributed by atoms with E-state index in [0.717, 1.165) is 21.9 Å². The highest BCUT2D eigenvalue weighted by molar-refractivity contribution is 5.90. The molecule has 1 aliphatic rings. The summed E-state index contributed by atoms with van der Waals surface area (Å²) in [6.07, 6.45) is -1.34. The van der Waals surface area contributed by atoms with Crippen LogP contribution in [0.5, 0.6) is 0 Å². The number of aryl methyl sites for hydroxylation is 2. The Morgan fingerprint density at radius 3 is 2.17 bits per heavy atom. The van der Waals surface area contributed by atoms with E-state index in [1.54, 1.807) is 48.5 Å². The molecule has 10 heteroatoms. The van der Waals surface area contributed by atoms with E-state index in [0.29, 0.717) is 17.4 Å². The Morgan fingerprint density at radius 2 is 1.58 bits per heavy atom. The highest BCUT2D eigenvalue weighted by atomic mass is 16.6. The second-order valence-electron chi connectivity index (χ2n) is 8.51. The predicted molar refractivity (Wildman–Crippen MR) is 127 cm³/mol. The van der Waals surface area contributed by atoms with Crippen LogP contribution in [0.3, 0.4) is 0 Å². The first-order valence-corrected chi connectivity index (χ1v) is 11.2. The number of aromatic amines is 1. The number of esters is 2. The lowest BCUT2D eigenvalue weighted by molar-refractivity contribution is -0.0582. The number of H-pyrrole nitrogens is 1. The third-order valence-corrected chi connectivity index (χ3v) is 5.82. The Balaban J connectivity index is 1.55. The van der Waals surface area contributed by atoms with E-state index in [-0.39, 0.29) is 18.6 Å². The minimum absolute atomic E-state index is 0.0224. The number of nitrogens with one attached hydrogen (secondary N) is 1. The molecule has 1 saturated heterocycles. The number of hydrogen-bond acceptors (Lipinski definition) is 8. The average Bonchev–Trinajstić information content (AvgIpc) is 3.25. The smallest absolute Gasteiger partial charge is 0.338 e. The first-order valence-electron chi connectivity index (χ1n) is 11.2. The first-order chi connectivity index (χ1) is 17.2. The number of ether oxygens (including phenoxy) is 3. The van der Waals surface area contributed by atoms with Gasteiger partial charge >= 0.3 is 17.6 Å². The maximum Gasteiger partial charge on any atom is 0.338 e. The van der Waals surface area contributed by atoms with Gasteiger partial charge in [-0.2, -0.15) is 0 Å². The largest absolute Gasteiger partial charge is 0.459 e. The maximum absolute atomic E-state index is 12.8. The molecule has 0 bridgehead atoms. The highest BCUT2D eigenvalue weighted by Gasteiger charge is 2.40. The van der Waals surface area contributed by atoms with Crippen LogP contribution >= 0.6 is 0 Å². The Morgan fingerprint density at radius 1 is 1.00 bits per heavy atom. The zero-order chi connectivity index (χ0) is 25.8. The molecule has 36 heavy (non-hydrogen) atoms. The molecule has 1 N–H and O–H groups in total. The molecule has 2 aromatic carbocycles. The van der Waals surface area contributed by atoms with Crippen molar-refractivity contribution in [3.8, 4) is 0 Å². The van der Waals surface area contributed by atoms with Crippen molar-refractivity contribution in [1.82, 2.24) is 9.55 Å². The fraction of sp³-hybridized carbons (Fsp3) is 0.269. The van der Waals surface area contributed by atoms with Crippen molar-refractivity contribution >= 4 is 18.2 Å². The van der Waals surface area contributed by atoms with Gasteiger partial charge in [0.15, 0.2) is 6.29 Å². The van der Waals surface area contributed by atoms with Crippen molar-refractivity contribution in [1.29, 1.82) is 0 Å². The number of hydrogen-bond donors (Lipinski definition) is 1. The van der Waals surface area contributed by atoms with Crippen molar-refractivity contribution in [3.63, 3.8) is 0 Å². The third-order valence-electron chi connectivity index (χ3n) is 5.82. The van der Waals surface area contributed by atoms with E-state index in [9.17, 15) is 24.0 Å². The monoisotopic (exact) mass is 492 g/mol. The van der Waals surface area contributed by atoms with Gasteiger partial charge in [-0.3, -0.25) is 19.1 Å². The highest BCUT2D eigenvalue weighted by Crippen LogP contribution is 2.31. The van der Waals surface area contributed by atoms with E-state index in [2.05, 4.69) is 4.98 Å². The molecule has 2 heterocycles. The van der Waals surface area contributed by atoms with Gasteiger partial charge in [0.05, 0.1) is 16.7 Å². The quantitative estimate of drug-likeness (QED) is 0.392. The topological polar surface area (TPSA) is 134 Å². The average molecular weight is 492 g/mol. The summed E-state index contributed by atoms with van der Waals surface area (Å²) in [5, 5.41) is 0. The minimum Gasteiger partial charge on any atom is -0.459 e.